The molecule has 10 unspecified atom stereocenters. The van der Waals surface area contributed by atoms with E-state index in [0.29, 0.717) is 11.8 Å². The zero-order valence-electron chi connectivity index (χ0n) is 41.9. The van der Waals surface area contributed by atoms with Gasteiger partial charge in [0.05, 0.1) is 33.2 Å². The lowest BCUT2D eigenvalue weighted by atomic mass is 9.93. The second-order valence-electron chi connectivity index (χ2n) is 22.3. The number of fused-ring (bicyclic) bond motifs is 7. The molecule has 10 atom stereocenters. The van der Waals surface area contributed by atoms with Crippen molar-refractivity contribution < 1.29 is 0 Å². The Hall–Kier alpha value is -3.81. The van der Waals surface area contributed by atoms with Crippen molar-refractivity contribution in [3.63, 3.8) is 0 Å². The Balaban J connectivity index is 1.03. The molecule has 0 aromatic heterocycles. The second-order valence-corrected chi connectivity index (χ2v) is 22.3. The van der Waals surface area contributed by atoms with Crippen LogP contribution in [-0.2, 0) is 78.3 Å². The fraction of sp³-hybridized carbons (Fsp3) is 0.569. The third-order valence-corrected chi connectivity index (χ3v) is 16.3. The van der Waals surface area contributed by atoms with E-state index in [1.807, 2.05) is 0 Å². The summed E-state index contributed by atoms with van der Waals surface area (Å²) in [5.41, 5.74) is 17.6. The summed E-state index contributed by atoms with van der Waals surface area (Å²) in [4.78, 5) is 29.6. The number of rotatable bonds is 3. The van der Waals surface area contributed by atoms with Gasteiger partial charge in [0.1, 0.15) is 0 Å². The molecular weight excluding hydrogens is 837 g/mol. The minimum absolute atomic E-state index is 0.409. The van der Waals surface area contributed by atoms with Gasteiger partial charge in [-0.1, -0.05) is 100.0 Å². The van der Waals surface area contributed by atoms with E-state index in [-0.39, 0.29) is 0 Å². The molecule has 0 radical (unpaired) electrons. The van der Waals surface area contributed by atoms with E-state index in [1.165, 1.54) is 73.2 Å². The molecular formula is C58H80N10. The van der Waals surface area contributed by atoms with Crippen LogP contribution in [0.1, 0.15) is 100 Å². The third-order valence-electron chi connectivity index (χ3n) is 16.3. The maximum absolute atomic E-state index is 5.27. The summed E-state index contributed by atoms with van der Waals surface area (Å²) in [6, 6.07) is 30.6. The monoisotopic (exact) mass is 917 g/mol. The van der Waals surface area contributed by atoms with Crippen molar-refractivity contribution >= 4 is 6.21 Å². The summed E-state index contributed by atoms with van der Waals surface area (Å²) in [6.07, 6.45) is 6.77. The molecule has 12 rings (SSSR count). The van der Waals surface area contributed by atoms with Crippen LogP contribution in [0.2, 0.25) is 0 Å². The highest BCUT2D eigenvalue weighted by atomic mass is 15.4. The lowest BCUT2D eigenvalue weighted by molar-refractivity contribution is 0.225. The summed E-state index contributed by atoms with van der Waals surface area (Å²) < 4.78 is 0. The zero-order chi connectivity index (χ0) is 46.0. The van der Waals surface area contributed by atoms with Crippen molar-refractivity contribution in [2.45, 2.75) is 112 Å². The van der Waals surface area contributed by atoms with Crippen LogP contribution < -0.4 is 0 Å². The van der Waals surface area contributed by atoms with Gasteiger partial charge in [0.15, 0.2) is 0 Å². The van der Waals surface area contributed by atoms with Crippen LogP contribution in [0, 0.1) is 11.8 Å². The van der Waals surface area contributed by atoms with E-state index in [2.05, 4.69) is 144 Å². The van der Waals surface area contributed by atoms with Gasteiger partial charge in [-0.3, -0.25) is 49.1 Å². The molecule has 10 nitrogen and oxygen atoms in total. The van der Waals surface area contributed by atoms with E-state index < -0.39 is 0 Å². The fourth-order valence-corrected chi connectivity index (χ4v) is 12.9. The number of benzene rings is 4. The average Bonchev–Trinajstić information content (AvgIpc) is 4.15. The highest BCUT2D eigenvalue weighted by Crippen LogP contribution is 2.28. The number of hydrogen-bond donors (Lipinski definition) is 0. The summed E-state index contributed by atoms with van der Waals surface area (Å²) in [5.74, 6) is 1.01. The molecule has 10 heteroatoms. The molecule has 4 aromatic carbocycles. The van der Waals surface area contributed by atoms with E-state index in [9.17, 15) is 0 Å². The van der Waals surface area contributed by atoms with Gasteiger partial charge in [0.25, 0.3) is 0 Å². The van der Waals surface area contributed by atoms with Crippen LogP contribution >= 0.6 is 0 Å². The average molecular weight is 917 g/mol. The minimum Gasteiger partial charge on any atom is -0.299 e. The van der Waals surface area contributed by atoms with Gasteiger partial charge in [0, 0.05) is 124 Å². The first-order valence-corrected chi connectivity index (χ1v) is 26.8. The van der Waals surface area contributed by atoms with E-state index >= 15 is 0 Å². The highest BCUT2D eigenvalue weighted by Gasteiger charge is 2.27. The second kappa shape index (κ2) is 21.3. The van der Waals surface area contributed by atoms with Gasteiger partial charge in [0.2, 0.25) is 0 Å². The van der Waals surface area contributed by atoms with Crippen molar-refractivity contribution in [3.8, 4) is 0 Å². The lowest BCUT2D eigenvalue weighted by Gasteiger charge is -2.28. The minimum atomic E-state index is 0.409. The largest absolute Gasteiger partial charge is 0.299 e. The molecule has 8 aliphatic heterocycles. The maximum Gasteiger partial charge on any atom is 0.0636 e. The van der Waals surface area contributed by atoms with Gasteiger partial charge in [-0.25, -0.2) is 0 Å². The lowest BCUT2D eigenvalue weighted by Crippen LogP contribution is -2.30. The van der Waals surface area contributed by atoms with Crippen molar-refractivity contribution in [2.75, 3.05) is 92.1 Å². The van der Waals surface area contributed by atoms with Gasteiger partial charge < -0.3 is 0 Å². The molecule has 8 aliphatic rings. The van der Waals surface area contributed by atoms with Crippen molar-refractivity contribution in [3.05, 3.63) is 140 Å². The van der Waals surface area contributed by atoms with Crippen LogP contribution in [0.5, 0.6) is 0 Å². The van der Waals surface area contributed by atoms with E-state index in [1.54, 1.807) is 0 Å². The Kier molecular flexibility index (Phi) is 14.6. The van der Waals surface area contributed by atoms with Crippen molar-refractivity contribution in [1.82, 2.24) is 44.1 Å². The standard InChI is InChI=1S/C58H80N10/c1-4-45-15-47-17-50-23-51(18-47)34-62-10-13-67(43-62)39-57-26-56-27-58(28-57)40-68-14-12-66(44-68)38-55-22-49(30-59-29-45)21-54(25-55)37-65-11-9-64(42-65)36-53-20-48(16-46(5-2)31-60(6-3)32-56)19-52(24-53)35-63-8-7-61(33-50)41-63/h17-29,45-46H,4-16,30-44H2,1-3H3. The van der Waals surface area contributed by atoms with Crippen LogP contribution in [-0.4, -0.2) is 142 Å². The first kappa shape index (κ1) is 46.6. The Morgan fingerprint density at radius 3 is 1.00 bits per heavy atom. The summed E-state index contributed by atoms with van der Waals surface area (Å²) in [7, 11) is 0. The number of hydrogen-bond acceptors (Lipinski definition) is 10. The highest BCUT2D eigenvalue weighted by molar-refractivity contribution is 5.61. The summed E-state index contributed by atoms with van der Waals surface area (Å²) >= 11 is 0. The Labute approximate surface area is 409 Å². The Bertz CT molecular complexity index is 2250. The molecule has 0 aliphatic carbocycles. The Morgan fingerprint density at radius 2 is 0.676 bits per heavy atom. The molecule has 0 spiro atoms. The molecule has 4 saturated heterocycles. The maximum atomic E-state index is 5.27. The SMILES string of the molecule is CCC1C=NCc2cc3cc(c2)CN2CCN(Cc4cc5cc(c4)CN4CCN(Cc6cc(cc(c6)CN6CCN(Cc7cc(cc(c7)CN7CCN(C3)C7)CC(CC)CN(CC)C5)C6)C1)C4)C2. The first-order chi connectivity index (χ1) is 33.3. The molecule has 68 heavy (non-hydrogen) atoms. The molecule has 0 amide bonds. The fourth-order valence-electron chi connectivity index (χ4n) is 12.9. The number of aliphatic imine (C=N–C) groups is 1. The van der Waals surface area contributed by atoms with Crippen LogP contribution in [0.3, 0.4) is 0 Å². The smallest absolute Gasteiger partial charge is 0.0636 e. The molecule has 4 fully saturated rings. The predicted molar refractivity (Wildman–Crippen MR) is 277 cm³/mol. The van der Waals surface area contributed by atoms with Gasteiger partial charge in [-0.15, -0.1) is 0 Å². The normalized spacial score (nSPS) is 31.2. The summed E-state index contributed by atoms with van der Waals surface area (Å²) in [5, 5.41) is 0. The van der Waals surface area contributed by atoms with Crippen LogP contribution in [0.15, 0.2) is 77.8 Å². The molecule has 0 saturated carbocycles. The van der Waals surface area contributed by atoms with Gasteiger partial charge in [-0.2, -0.15) is 0 Å². The van der Waals surface area contributed by atoms with E-state index in [4.69, 9.17) is 4.99 Å². The predicted octanol–water partition coefficient (Wildman–Crippen LogP) is 7.66. The third kappa shape index (κ3) is 11.8. The van der Waals surface area contributed by atoms with Crippen molar-refractivity contribution in [2.24, 2.45) is 16.8 Å². The summed E-state index contributed by atoms with van der Waals surface area (Å²) in [6.45, 7) is 32.1. The molecule has 20 bridgehead atoms. The quantitative estimate of drug-likeness (QED) is 0.206. The topological polar surface area (TPSA) is 41.5 Å². The molecule has 362 valence electrons. The molecule has 4 aromatic rings. The molecule has 0 N–H and O–H groups in total. The van der Waals surface area contributed by atoms with Gasteiger partial charge in [-0.05, 0) is 104 Å². The van der Waals surface area contributed by atoms with Crippen molar-refractivity contribution in [1.29, 1.82) is 0 Å². The van der Waals surface area contributed by atoms with Crippen LogP contribution in [0.25, 0.3) is 0 Å². The van der Waals surface area contributed by atoms with Gasteiger partial charge >= 0.3 is 0 Å². The zero-order valence-corrected chi connectivity index (χ0v) is 41.9. The Morgan fingerprint density at radius 1 is 0.368 bits per heavy atom. The van der Waals surface area contributed by atoms with Crippen LogP contribution in [0.4, 0.5) is 0 Å². The molecule has 8 heterocycles. The van der Waals surface area contributed by atoms with E-state index in [0.717, 1.165) is 177 Å². The number of nitrogens with zero attached hydrogens (tertiary/aromatic N) is 10. The first-order valence-electron chi connectivity index (χ1n) is 26.8.